The van der Waals surface area contributed by atoms with Crippen molar-refractivity contribution in [2.45, 2.75) is 25.6 Å². The number of amides is 1. The Kier molecular flexibility index (Phi) is 8.02. The highest BCUT2D eigenvalue weighted by Gasteiger charge is 2.30. The van der Waals surface area contributed by atoms with Gasteiger partial charge in [0.15, 0.2) is 0 Å². The Labute approximate surface area is 203 Å². The lowest BCUT2D eigenvalue weighted by atomic mass is 10.1. The number of carbonyl (C=O) groups is 1. The van der Waals surface area contributed by atoms with Crippen molar-refractivity contribution in [1.82, 2.24) is 14.8 Å². The smallest absolute Gasteiger partial charge is 0.416 e. The van der Waals surface area contributed by atoms with Crippen LogP contribution in [0.2, 0.25) is 0 Å². The molecular formula is C27H28F3N3O2. The minimum atomic E-state index is -4.32. The SMILES string of the molecule is O=C(c1ccc(OCCCc2ccccn2)cc1)N1CCN(Cc2ccc(C(F)(F)F)cc2)CC1. The van der Waals surface area contributed by atoms with Crippen molar-refractivity contribution in [3.05, 3.63) is 95.3 Å². The number of hydrogen-bond donors (Lipinski definition) is 0. The number of ether oxygens (including phenoxy) is 1. The Hall–Kier alpha value is -3.39. The van der Waals surface area contributed by atoms with Crippen LogP contribution >= 0.6 is 0 Å². The summed E-state index contributed by atoms with van der Waals surface area (Å²) in [5.41, 5.74) is 1.84. The fourth-order valence-corrected chi connectivity index (χ4v) is 4.03. The first-order chi connectivity index (χ1) is 16.9. The molecule has 1 aliphatic heterocycles. The molecule has 1 aliphatic rings. The predicted molar refractivity (Wildman–Crippen MR) is 127 cm³/mol. The molecule has 0 spiro atoms. The largest absolute Gasteiger partial charge is 0.494 e. The van der Waals surface area contributed by atoms with Gasteiger partial charge in [0.05, 0.1) is 12.2 Å². The van der Waals surface area contributed by atoms with Gasteiger partial charge in [-0.3, -0.25) is 14.7 Å². The highest BCUT2D eigenvalue weighted by Crippen LogP contribution is 2.29. The number of carbonyl (C=O) groups excluding carboxylic acids is 1. The molecule has 4 rings (SSSR count). The van der Waals surface area contributed by atoms with Crippen LogP contribution in [-0.4, -0.2) is 53.5 Å². The minimum absolute atomic E-state index is 0.0270. The molecule has 1 aromatic heterocycles. The molecule has 5 nitrogen and oxygen atoms in total. The van der Waals surface area contributed by atoms with Gasteiger partial charge in [0, 0.05) is 50.2 Å². The molecule has 1 fully saturated rings. The highest BCUT2D eigenvalue weighted by atomic mass is 19.4. The van der Waals surface area contributed by atoms with Crippen LogP contribution in [0.3, 0.4) is 0 Å². The Morgan fingerprint density at radius 2 is 1.63 bits per heavy atom. The first kappa shape index (κ1) is 24.7. The molecule has 0 aliphatic carbocycles. The van der Waals surface area contributed by atoms with Crippen molar-refractivity contribution in [1.29, 1.82) is 0 Å². The Morgan fingerprint density at radius 1 is 0.914 bits per heavy atom. The van der Waals surface area contributed by atoms with Crippen LogP contribution < -0.4 is 4.74 Å². The second kappa shape index (κ2) is 11.4. The van der Waals surface area contributed by atoms with Crippen LogP contribution in [0.15, 0.2) is 72.9 Å². The molecule has 0 bridgehead atoms. The third-order valence-corrected chi connectivity index (χ3v) is 6.02. The number of nitrogens with zero attached hydrogens (tertiary/aromatic N) is 3. The summed E-state index contributed by atoms with van der Waals surface area (Å²) in [5.74, 6) is 0.699. The Morgan fingerprint density at radius 3 is 2.26 bits per heavy atom. The fourth-order valence-electron chi connectivity index (χ4n) is 4.03. The van der Waals surface area contributed by atoms with Crippen molar-refractivity contribution >= 4 is 5.91 Å². The number of piperazine rings is 1. The summed E-state index contributed by atoms with van der Waals surface area (Å²) < 4.78 is 44.0. The van der Waals surface area contributed by atoms with E-state index in [-0.39, 0.29) is 5.91 Å². The lowest BCUT2D eigenvalue weighted by Gasteiger charge is -2.34. The highest BCUT2D eigenvalue weighted by molar-refractivity contribution is 5.94. The zero-order chi connectivity index (χ0) is 24.7. The lowest BCUT2D eigenvalue weighted by Crippen LogP contribution is -2.48. The van der Waals surface area contributed by atoms with Gasteiger partial charge >= 0.3 is 6.18 Å². The molecule has 2 heterocycles. The number of aromatic nitrogens is 1. The number of pyridine rings is 1. The van der Waals surface area contributed by atoms with E-state index >= 15 is 0 Å². The Bertz CT molecular complexity index is 1080. The summed E-state index contributed by atoms with van der Waals surface area (Å²) in [4.78, 5) is 21.1. The van der Waals surface area contributed by atoms with Gasteiger partial charge in [0.1, 0.15) is 5.75 Å². The van der Waals surface area contributed by atoms with Crippen LogP contribution in [-0.2, 0) is 19.1 Å². The number of rotatable bonds is 8. The van der Waals surface area contributed by atoms with Crippen LogP contribution in [0.4, 0.5) is 13.2 Å². The molecule has 8 heteroatoms. The lowest BCUT2D eigenvalue weighted by molar-refractivity contribution is -0.137. The molecule has 0 saturated carbocycles. The summed E-state index contributed by atoms with van der Waals surface area (Å²) >= 11 is 0. The topological polar surface area (TPSA) is 45.7 Å². The van der Waals surface area contributed by atoms with Crippen molar-refractivity contribution in [3.63, 3.8) is 0 Å². The molecule has 1 amide bonds. The molecule has 1 saturated heterocycles. The number of alkyl halides is 3. The number of hydrogen-bond acceptors (Lipinski definition) is 4. The molecule has 0 N–H and O–H groups in total. The van der Waals surface area contributed by atoms with Gasteiger partial charge in [-0.05, 0) is 66.9 Å². The molecular weight excluding hydrogens is 455 g/mol. The van der Waals surface area contributed by atoms with E-state index in [4.69, 9.17) is 4.74 Å². The molecule has 0 radical (unpaired) electrons. The van der Waals surface area contributed by atoms with E-state index in [2.05, 4.69) is 9.88 Å². The van der Waals surface area contributed by atoms with Crippen LogP contribution in [0.1, 0.15) is 33.6 Å². The first-order valence-corrected chi connectivity index (χ1v) is 11.7. The summed E-state index contributed by atoms with van der Waals surface area (Å²) in [7, 11) is 0. The molecule has 2 aromatic carbocycles. The molecule has 35 heavy (non-hydrogen) atoms. The zero-order valence-corrected chi connectivity index (χ0v) is 19.4. The maximum absolute atomic E-state index is 12.9. The van der Waals surface area contributed by atoms with E-state index in [0.29, 0.717) is 44.9 Å². The third-order valence-electron chi connectivity index (χ3n) is 6.02. The van der Waals surface area contributed by atoms with E-state index < -0.39 is 11.7 Å². The zero-order valence-electron chi connectivity index (χ0n) is 19.4. The summed E-state index contributed by atoms with van der Waals surface area (Å²) in [6.07, 6.45) is -0.837. The maximum Gasteiger partial charge on any atom is 0.416 e. The van der Waals surface area contributed by atoms with Crippen molar-refractivity contribution in [3.8, 4) is 5.75 Å². The molecule has 3 aromatic rings. The molecule has 184 valence electrons. The van der Waals surface area contributed by atoms with Crippen molar-refractivity contribution in [2.75, 3.05) is 32.8 Å². The second-order valence-electron chi connectivity index (χ2n) is 8.56. The van der Waals surface area contributed by atoms with Gasteiger partial charge in [-0.1, -0.05) is 18.2 Å². The average Bonchev–Trinajstić information content (AvgIpc) is 2.87. The van der Waals surface area contributed by atoms with Crippen molar-refractivity contribution < 1.29 is 22.7 Å². The van der Waals surface area contributed by atoms with E-state index in [1.807, 2.05) is 35.2 Å². The van der Waals surface area contributed by atoms with E-state index in [0.717, 1.165) is 42.0 Å². The van der Waals surface area contributed by atoms with Crippen LogP contribution in [0.25, 0.3) is 0 Å². The summed E-state index contributed by atoms with van der Waals surface area (Å²) in [6, 6.07) is 18.3. The summed E-state index contributed by atoms with van der Waals surface area (Å²) in [6.45, 7) is 3.63. The normalized spacial score (nSPS) is 14.7. The van der Waals surface area contributed by atoms with E-state index in [1.165, 1.54) is 12.1 Å². The van der Waals surface area contributed by atoms with E-state index in [1.54, 1.807) is 18.3 Å². The quantitative estimate of drug-likeness (QED) is 0.420. The van der Waals surface area contributed by atoms with Gasteiger partial charge in [-0.25, -0.2) is 0 Å². The number of halogens is 3. The van der Waals surface area contributed by atoms with Crippen molar-refractivity contribution in [2.24, 2.45) is 0 Å². The number of aryl methyl sites for hydroxylation is 1. The molecule has 0 unspecified atom stereocenters. The van der Waals surface area contributed by atoms with Gasteiger partial charge in [0.25, 0.3) is 5.91 Å². The van der Waals surface area contributed by atoms with E-state index in [9.17, 15) is 18.0 Å². The fraction of sp³-hybridized carbons (Fsp3) is 0.333. The minimum Gasteiger partial charge on any atom is -0.494 e. The monoisotopic (exact) mass is 483 g/mol. The third kappa shape index (κ3) is 7.05. The average molecular weight is 484 g/mol. The van der Waals surface area contributed by atoms with Crippen LogP contribution in [0.5, 0.6) is 5.75 Å². The van der Waals surface area contributed by atoms with Gasteiger partial charge in [-0.2, -0.15) is 13.2 Å². The maximum atomic E-state index is 12.9. The van der Waals surface area contributed by atoms with Gasteiger partial charge < -0.3 is 9.64 Å². The first-order valence-electron chi connectivity index (χ1n) is 11.7. The second-order valence-corrected chi connectivity index (χ2v) is 8.56. The molecule has 0 atom stereocenters. The summed E-state index contributed by atoms with van der Waals surface area (Å²) in [5, 5.41) is 0. The van der Waals surface area contributed by atoms with Gasteiger partial charge in [-0.15, -0.1) is 0 Å². The Balaban J connectivity index is 1.20. The standard InChI is InChI=1S/C27H28F3N3O2/c28-27(29,30)23-10-6-21(7-11-23)20-32-15-17-33(18-16-32)26(34)22-8-12-25(13-9-22)35-19-3-5-24-4-1-2-14-31-24/h1-2,4,6-14H,3,5,15-20H2. The van der Waals surface area contributed by atoms with Crippen LogP contribution in [0, 0.1) is 0 Å². The number of benzene rings is 2. The predicted octanol–water partition coefficient (Wildman–Crippen LogP) is 5.07. The van der Waals surface area contributed by atoms with Gasteiger partial charge in [0.2, 0.25) is 0 Å².